The predicted octanol–water partition coefficient (Wildman–Crippen LogP) is 8.06. The van der Waals surface area contributed by atoms with E-state index in [1.807, 2.05) is 0 Å². The van der Waals surface area contributed by atoms with Gasteiger partial charge in [0.05, 0.1) is 24.7 Å². The summed E-state index contributed by atoms with van der Waals surface area (Å²) in [6.07, 6.45) is 0.892. The first kappa shape index (κ1) is 31.0. The summed E-state index contributed by atoms with van der Waals surface area (Å²) in [6, 6.07) is 43.7. The van der Waals surface area contributed by atoms with Gasteiger partial charge in [-0.2, -0.15) is 0 Å². The van der Waals surface area contributed by atoms with Crippen molar-refractivity contribution in [2.45, 2.75) is 26.1 Å². The average Bonchev–Trinajstić information content (AvgIpc) is 3.46. The minimum Gasteiger partial charge on any atom is -0.494 e. The SMILES string of the molecule is Fc1ccc(OCCCN2CN(Cc3ccc(CN4CCN(Cc5ccccc5-c5ccccc5)CC4)cc3)c3ccccc32)cc1. The van der Waals surface area contributed by atoms with Crippen LogP contribution in [0.5, 0.6) is 5.75 Å². The fraction of sp³-hybridized carbons (Fsp3) is 0.268. The van der Waals surface area contributed by atoms with E-state index in [1.54, 1.807) is 12.1 Å². The average molecular weight is 627 g/mol. The molecule has 2 aliphatic rings. The van der Waals surface area contributed by atoms with Crippen LogP contribution in [-0.4, -0.2) is 55.8 Å². The van der Waals surface area contributed by atoms with Gasteiger partial charge in [0.1, 0.15) is 11.6 Å². The van der Waals surface area contributed by atoms with Crippen LogP contribution in [0.3, 0.4) is 0 Å². The lowest BCUT2D eigenvalue weighted by Gasteiger charge is -2.35. The molecule has 240 valence electrons. The molecule has 2 heterocycles. The molecule has 0 aliphatic carbocycles. The van der Waals surface area contributed by atoms with Crippen LogP contribution in [0, 0.1) is 5.82 Å². The summed E-state index contributed by atoms with van der Waals surface area (Å²) in [5.41, 5.74) is 9.29. The van der Waals surface area contributed by atoms with E-state index in [0.29, 0.717) is 12.4 Å². The molecule has 1 saturated heterocycles. The monoisotopic (exact) mass is 626 g/mol. The molecular weight excluding hydrogens is 583 g/mol. The molecular formula is C41H43FN4O. The van der Waals surface area contributed by atoms with E-state index in [0.717, 1.165) is 65.4 Å². The van der Waals surface area contributed by atoms with Crippen LogP contribution < -0.4 is 14.5 Å². The number of benzene rings is 5. The molecule has 2 aliphatic heterocycles. The van der Waals surface area contributed by atoms with Crippen LogP contribution in [0.2, 0.25) is 0 Å². The molecule has 0 spiro atoms. The number of fused-ring (bicyclic) bond motifs is 1. The summed E-state index contributed by atoms with van der Waals surface area (Å²) >= 11 is 0. The third-order valence-electron chi connectivity index (χ3n) is 9.32. The number of hydrogen-bond donors (Lipinski definition) is 0. The number of hydrogen-bond acceptors (Lipinski definition) is 5. The Kier molecular flexibility index (Phi) is 9.78. The van der Waals surface area contributed by atoms with E-state index in [2.05, 4.69) is 123 Å². The summed E-state index contributed by atoms with van der Waals surface area (Å²) in [5.74, 6) is 0.466. The van der Waals surface area contributed by atoms with Crippen molar-refractivity contribution in [2.75, 3.05) is 55.8 Å². The second-order valence-electron chi connectivity index (χ2n) is 12.6. The molecule has 0 bridgehead atoms. The summed E-state index contributed by atoms with van der Waals surface area (Å²) in [7, 11) is 0. The van der Waals surface area contributed by atoms with Crippen LogP contribution in [0.25, 0.3) is 11.1 Å². The number of ether oxygens (including phenoxy) is 1. The molecule has 6 heteroatoms. The fourth-order valence-electron chi connectivity index (χ4n) is 6.79. The lowest BCUT2D eigenvalue weighted by molar-refractivity contribution is 0.122. The molecule has 47 heavy (non-hydrogen) atoms. The van der Waals surface area contributed by atoms with Gasteiger partial charge in [0.25, 0.3) is 0 Å². The van der Waals surface area contributed by atoms with Crippen LogP contribution >= 0.6 is 0 Å². The first-order chi connectivity index (χ1) is 23.2. The Morgan fingerprint density at radius 2 is 1.15 bits per heavy atom. The van der Waals surface area contributed by atoms with Crippen molar-refractivity contribution in [3.63, 3.8) is 0 Å². The zero-order valence-corrected chi connectivity index (χ0v) is 27.0. The predicted molar refractivity (Wildman–Crippen MR) is 190 cm³/mol. The van der Waals surface area contributed by atoms with Crippen molar-refractivity contribution >= 4 is 11.4 Å². The second-order valence-corrected chi connectivity index (χ2v) is 12.6. The van der Waals surface area contributed by atoms with E-state index >= 15 is 0 Å². The summed E-state index contributed by atoms with van der Waals surface area (Å²) in [6.45, 7) is 9.58. The van der Waals surface area contributed by atoms with Gasteiger partial charge in [-0.15, -0.1) is 0 Å². The number of nitrogens with zero attached hydrogens (tertiary/aromatic N) is 4. The lowest BCUT2D eigenvalue weighted by atomic mass is 9.99. The van der Waals surface area contributed by atoms with Crippen LogP contribution in [0.4, 0.5) is 15.8 Å². The van der Waals surface area contributed by atoms with Gasteiger partial charge in [-0.3, -0.25) is 9.80 Å². The largest absolute Gasteiger partial charge is 0.494 e. The van der Waals surface area contributed by atoms with E-state index in [1.165, 1.54) is 51.3 Å². The third-order valence-corrected chi connectivity index (χ3v) is 9.32. The Balaban J connectivity index is 0.883. The highest BCUT2D eigenvalue weighted by atomic mass is 19.1. The Morgan fingerprint density at radius 3 is 1.87 bits per heavy atom. The standard InChI is InChI=1S/C41H43FN4O/c42-37-19-21-38(22-20-37)47-28-8-23-45-32-46(41-14-7-6-13-40(41)45)30-34-17-15-33(16-18-34)29-43-24-26-44(27-25-43)31-36-11-4-5-12-39(36)35-9-2-1-3-10-35/h1-7,9-22H,8,23-32H2. The van der Waals surface area contributed by atoms with Crippen molar-refractivity contribution in [1.82, 2.24) is 9.80 Å². The molecule has 0 aromatic heterocycles. The Bertz CT molecular complexity index is 1720. The zero-order chi connectivity index (χ0) is 31.8. The van der Waals surface area contributed by atoms with Crippen molar-refractivity contribution in [3.8, 4) is 16.9 Å². The Hall–Kier alpha value is -4.65. The minimum absolute atomic E-state index is 0.243. The lowest BCUT2D eigenvalue weighted by Crippen LogP contribution is -2.45. The van der Waals surface area contributed by atoms with Gasteiger partial charge in [-0.05, 0) is 70.6 Å². The molecule has 0 radical (unpaired) electrons. The zero-order valence-electron chi connectivity index (χ0n) is 27.0. The normalized spacial score (nSPS) is 15.2. The van der Waals surface area contributed by atoms with Crippen molar-refractivity contribution in [2.24, 2.45) is 0 Å². The third kappa shape index (κ3) is 7.84. The number of rotatable bonds is 12. The Labute approximate surface area is 278 Å². The number of anilines is 2. The number of halogens is 1. The maximum Gasteiger partial charge on any atom is 0.123 e. The molecule has 0 saturated carbocycles. The molecule has 5 nitrogen and oxygen atoms in total. The smallest absolute Gasteiger partial charge is 0.123 e. The van der Waals surface area contributed by atoms with Gasteiger partial charge in [0.2, 0.25) is 0 Å². The van der Waals surface area contributed by atoms with E-state index in [-0.39, 0.29) is 5.82 Å². The van der Waals surface area contributed by atoms with Crippen molar-refractivity contribution < 1.29 is 9.13 Å². The molecule has 0 atom stereocenters. The summed E-state index contributed by atoms with van der Waals surface area (Å²) < 4.78 is 19.0. The second kappa shape index (κ2) is 14.8. The molecule has 7 rings (SSSR count). The van der Waals surface area contributed by atoms with Crippen LogP contribution in [0.15, 0.2) is 127 Å². The molecule has 0 N–H and O–H groups in total. The maximum atomic E-state index is 13.2. The Morgan fingerprint density at radius 1 is 0.553 bits per heavy atom. The van der Waals surface area contributed by atoms with Gasteiger partial charge < -0.3 is 14.5 Å². The first-order valence-corrected chi connectivity index (χ1v) is 16.8. The molecule has 0 unspecified atom stereocenters. The summed E-state index contributed by atoms with van der Waals surface area (Å²) in [4.78, 5) is 10.1. The number of piperazine rings is 1. The van der Waals surface area contributed by atoms with Gasteiger partial charge in [-0.25, -0.2) is 4.39 Å². The van der Waals surface area contributed by atoms with Crippen molar-refractivity contribution in [3.05, 3.63) is 150 Å². The quantitative estimate of drug-likeness (QED) is 0.130. The van der Waals surface area contributed by atoms with Gasteiger partial charge in [0, 0.05) is 52.4 Å². The van der Waals surface area contributed by atoms with Gasteiger partial charge in [0.15, 0.2) is 0 Å². The molecule has 5 aromatic rings. The minimum atomic E-state index is -0.243. The van der Waals surface area contributed by atoms with E-state index in [4.69, 9.17) is 4.74 Å². The fourth-order valence-corrected chi connectivity index (χ4v) is 6.79. The van der Waals surface area contributed by atoms with Crippen LogP contribution in [0.1, 0.15) is 23.1 Å². The highest BCUT2D eigenvalue weighted by molar-refractivity contribution is 5.76. The molecule has 5 aromatic carbocycles. The number of para-hydroxylation sites is 2. The molecule has 1 fully saturated rings. The summed E-state index contributed by atoms with van der Waals surface area (Å²) in [5, 5.41) is 0. The van der Waals surface area contributed by atoms with E-state index < -0.39 is 0 Å². The maximum absolute atomic E-state index is 13.2. The molecule has 0 amide bonds. The highest BCUT2D eigenvalue weighted by Gasteiger charge is 2.25. The topological polar surface area (TPSA) is 22.2 Å². The first-order valence-electron chi connectivity index (χ1n) is 16.8. The van der Waals surface area contributed by atoms with Gasteiger partial charge >= 0.3 is 0 Å². The highest BCUT2D eigenvalue weighted by Crippen LogP contribution is 2.36. The van der Waals surface area contributed by atoms with Crippen LogP contribution in [-0.2, 0) is 19.6 Å². The van der Waals surface area contributed by atoms with Gasteiger partial charge in [-0.1, -0.05) is 91.0 Å². The van der Waals surface area contributed by atoms with Crippen molar-refractivity contribution in [1.29, 1.82) is 0 Å². The van der Waals surface area contributed by atoms with E-state index in [9.17, 15) is 4.39 Å².